The number of aromatic amines is 1. The minimum atomic E-state index is 1.08. The molecule has 0 spiro atoms. The SMILES string of the molecule is Cc1ncc2cc[nH]c2c1I. The number of nitrogens with zero attached hydrogens (tertiary/aromatic N) is 1. The summed E-state index contributed by atoms with van der Waals surface area (Å²) in [6.45, 7) is 2.02. The summed E-state index contributed by atoms with van der Waals surface area (Å²) in [7, 11) is 0. The van der Waals surface area contributed by atoms with E-state index >= 15 is 0 Å². The van der Waals surface area contributed by atoms with Crippen LogP contribution in [0, 0.1) is 10.5 Å². The maximum absolute atomic E-state index is 4.25. The van der Waals surface area contributed by atoms with Gasteiger partial charge in [-0.25, -0.2) is 0 Å². The first-order valence-corrected chi connectivity index (χ1v) is 4.45. The summed E-state index contributed by atoms with van der Waals surface area (Å²) in [6, 6.07) is 2.03. The number of nitrogens with one attached hydrogen (secondary N) is 1. The van der Waals surface area contributed by atoms with E-state index in [4.69, 9.17) is 0 Å². The van der Waals surface area contributed by atoms with Gasteiger partial charge in [0.15, 0.2) is 0 Å². The van der Waals surface area contributed by atoms with E-state index in [2.05, 4.69) is 32.6 Å². The van der Waals surface area contributed by atoms with Crippen LogP contribution in [-0.4, -0.2) is 9.97 Å². The van der Waals surface area contributed by atoms with E-state index in [-0.39, 0.29) is 0 Å². The second kappa shape index (κ2) is 2.48. The molecular weight excluding hydrogens is 251 g/mol. The number of pyridine rings is 1. The van der Waals surface area contributed by atoms with Crippen molar-refractivity contribution in [3.63, 3.8) is 0 Å². The van der Waals surface area contributed by atoms with E-state index in [9.17, 15) is 0 Å². The summed E-state index contributed by atoms with van der Waals surface area (Å²) >= 11 is 2.31. The molecule has 3 heteroatoms. The van der Waals surface area contributed by atoms with Gasteiger partial charge in [-0.15, -0.1) is 0 Å². The van der Waals surface area contributed by atoms with Crippen molar-refractivity contribution in [3.8, 4) is 0 Å². The molecule has 2 aromatic rings. The van der Waals surface area contributed by atoms with Crippen LogP contribution in [0.2, 0.25) is 0 Å². The molecule has 0 bridgehead atoms. The van der Waals surface area contributed by atoms with Crippen LogP contribution in [-0.2, 0) is 0 Å². The first kappa shape index (κ1) is 7.09. The second-order valence-corrected chi connectivity index (χ2v) is 3.54. The van der Waals surface area contributed by atoms with Crippen molar-refractivity contribution in [3.05, 3.63) is 27.7 Å². The molecule has 2 aromatic heterocycles. The molecule has 0 saturated heterocycles. The standard InChI is InChI=1S/C8H7IN2/c1-5-7(9)8-6(4-11-5)2-3-10-8/h2-4,10H,1H3. The Morgan fingerprint density at radius 2 is 2.36 bits per heavy atom. The average molecular weight is 258 g/mol. The number of aromatic nitrogens is 2. The fraction of sp³-hybridized carbons (Fsp3) is 0.125. The Labute approximate surface area is 78.2 Å². The van der Waals surface area contributed by atoms with E-state index < -0.39 is 0 Å². The number of aryl methyl sites for hydroxylation is 1. The first-order chi connectivity index (χ1) is 5.29. The van der Waals surface area contributed by atoms with Crippen molar-refractivity contribution in [2.24, 2.45) is 0 Å². The Kier molecular flexibility index (Phi) is 1.60. The topological polar surface area (TPSA) is 28.7 Å². The number of rotatable bonds is 0. The Morgan fingerprint density at radius 1 is 1.55 bits per heavy atom. The first-order valence-electron chi connectivity index (χ1n) is 3.37. The van der Waals surface area contributed by atoms with Crippen LogP contribution in [0.15, 0.2) is 18.5 Å². The lowest BCUT2D eigenvalue weighted by molar-refractivity contribution is 1.20. The summed E-state index contributed by atoms with van der Waals surface area (Å²) in [5.74, 6) is 0. The third-order valence-corrected chi connectivity index (χ3v) is 3.03. The Morgan fingerprint density at radius 3 is 3.18 bits per heavy atom. The fourth-order valence-electron chi connectivity index (χ4n) is 1.08. The van der Waals surface area contributed by atoms with Gasteiger partial charge in [-0.05, 0) is 35.6 Å². The summed E-state index contributed by atoms with van der Waals surface area (Å²) < 4.78 is 1.21. The minimum absolute atomic E-state index is 1.08. The zero-order valence-corrected chi connectivity index (χ0v) is 8.21. The number of hydrogen-bond donors (Lipinski definition) is 1. The smallest absolute Gasteiger partial charge is 0.0623 e. The molecule has 56 valence electrons. The highest BCUT2D eigenvalue weighted by Crippen LogP contribution is 2.19. The van der Waals surface area contributed by atoms with Gasteiger partial charge in [0.1, 0.15) is 0 Å². The van der Waals surface area contributed by atoms with E-state index in [1.54, 1.807) is 0 Å². The van der Waals surface area contributed by atoms with Crippen LogP contribution in [0.5, 0.6) is 0 Å². The highest BCUT2D eigenvalue weighted by molar-refractivity contribution is 14.1. The Balaban J connectivity index is 2.93. The molecule has 2 heterocycles. The van der Waals surface area contributed by atoms with Gasteiger partial charge in [-0.2, -0.15) is 0 Å². The van der Waals surface area contributed by atoms with Crippen LogP contribution in [0.4, 0.5) is 0 Å². The normalized spacial score (nSPS) is 10.7. The van der Waals surface area contributed by atoms with Gasteiger partial charge in [0.2, 0.25) is 0 Å². The summed E-state index contributed by atoms with van der Waals surface area (Å²) in [5.41, 5.74) is 2.28. The second-order valence-electron chi connectivity index (χ2n) is 2.47. The van der Waals surface area contributed by atoms with Crippen molar-refractivity contribution >= 4 is 33.5 Å². The molecule has 0 amide bonds. The van der Waals surface area contributed by atoms with E-state index in [0.29, 0.717) is 0 Å². The predicted molar refractivity (Wildman–Crippen MR) is 53.5 cm³/mol. The molecule has 0 saturated carbocycles. The number of H-pyrrole nitrogens is 1. The Bertz CT molecular complexity index is 392. The molecule has 0 aliphatic heterocycles. The lowest BCUT2D eigenvalue weighted by Crippen LogP contribution is -1.85. The van der Waals surface area contributed by atoms with Crippen molar-refractivity contribution in [1.82, 2.24) is 9.97 Å². The summed E-state index contributed by atoms with van der Waals surface area (Å²) in [4.78, 5) is 7.43. The molecule has 0 atom stereocenters. The lowest BCUT2D eigenvalue weighted by atomic mass is 10.3. The summed E-state index contributed by atoms with van der Waals surface area (Å²) in [5, 5.41) is 1.18. The molecule has 2 rings (SSSR count). The minimum Gasteiger partial charge on any atom is -0.360 e. The quantitative estimate of drug-likeness (QED) is 0.722. The highest BCUT2D eigenvalue weighted by atomic mass is 127. The molecule has 0 unspecified atom stereocenters. The maximum Gasteiger partial charge on any atom is 0.0623 e. The molecule has 1 N–H and O–H groups in total. The fourth-order valence-corrected chi connectivity index (χ4v) is 1.69. The van der Waals surface area contributed by atoms with Gasteiger partial charge < -0.3 is 4.98 Å². The zero-order valence-electron chi connectivity index (χ0n) is 6.06. The lowest BCUT2D eigenvalue weighted by Gasteiger charge is -1.96. The van der Waals surface area contributed by atoms with Crippen LogP contribution in [0.3, 0.4) is 0 Å². The van der Waals surface area contributed by atoms with Gasteiger partial charge in [0.05, 0.1) is 14.8 Å². The molecule has 0 radical (unpaired) electrons. The van der Waals surface area contributed by atoms with Crippen LogP contribution in [0.1, 0.15) is 5.69 Å². The van der Waals surface area contributed by atoms with Crippen LogP contribution < -0.4 is 0 Å². The van der Waals surface area contributed by atoms with Crippen molar-refractivity contribution in [2.75, 3.05) is 0 Å². The number of halogens is 1. The third kappa shape index (κ3) is 1.03. The monoisotopic (exact) mass is 258 g/mol. The average Bonchev–Trinajstić information content (AvgIpc) is 2.45. The number of fused-ring (bicyclic) bond motifs is 1. The van der Waals surface area contributed by atoms with Gasteiger partial charge in [-0.1, -0.05) is 0 Å². The predicted octanol–water partition coefficient (Wildman–Crippen LogP) is 2.48. The molecular formula is C8H7IN2. The zero-order chi connectivity index (χ0) is 7.84. The van der Waals surface area contributed by atoms with Gasteiger partial charge >= 0.3 is 0 Å². The summed E-state index contributed by atoms with van der Waals surface area (Å²) in [6.07, 6.45) is 3.83. The maximum atomic E-state index is 4.25. The van der Waals surface area contributed by atoms with Crippen LogP contribution in [0.25, 0.3) is 10.9 Å². The molecule has 0 aliphatic rings. The Hall–Kier alpha value is -0.580. The van der Waals surface area contributed by atoms with E-state index in [0.717, 1.165) is 5.69 Å². The third-order valence-electron chi connectivity index (χ3n) is 1.71. The molecule has 0 fully saturated rings. The van der Waals surface area contributed by atoms with Crippen molar-refractivity contribution in [1.29, 1.82) is 0 Å². The highest BCUT2D eigenvalue weighted by Gasteiger charge is 2.01. The molecule has 0 aromatic carbocycles. The van der Waals surface area contributed by atoms with Gasteiger partial charge in [0.25, 0.3) is 0 Å². The van der Waals surface area contributed by atoms with Crippen LogP contribution >= 0.6 is 22.6 Å². The van der Waals surface area contributed by atoms with Crippen molar-refractivity contribution < 1.29 is 0 Å². The molecule has 0 aliphatic carbocycles. The molecule has 11 heavy (non-hydrogen) atoms. The van der Waals surface area contributed by atoms with E-state index in [1.165, 1.54) is 14.5 Å². The number of hydrogen-bond acceptors (Lipinski definition) is 1. The van der Waals surface area contributed by atoms with E-state index in [1.807, 2.05) is 25.4 Å². The van der Waals surface area contributed by atoms with Gasteiger partial charge in [-0.3, -0.25) is 4.98 Å². The largest absolute Gasteiger partial charge is 0.360 e. The van der Waals surface area contributed by atoms with Gasteiger partial charge in [0, 0.05) is 17.8 Å². The van der Waals surface area contributed by atoms with Crippen molar-refractivity contribution in [2.45, 2.75) is 6.92 Å². The molecule has 2 nitrogen and oxygen atoms in total.